The number of rotatable bonds is 6. The first-order chi connectivity index (χ1) is 16.2. The van der Waals surface area contributed by atoms with E-state index in [-0.39, 0.29) is 28.1 Å². The predicted octanol–water partition coefficient (Wildman–Crippen LogP) is 1.56. The van der Waals surface area contributed by atoms with Gasteiger partial charge in [-0.1, -0.05) is 42.5 Å². The van der Waals surface area contributed by atoms with Crippen LogP contribution in [-0.2, 0) is 20.2 Å². The zero-order valence-corrected chi connectivity index (χ0v) is 18.6. The molecule has 12 nitrogen and oxygen atoms in total. The smallest absolute Gasteiger partial charge is 0.282 e. The van der Waals surface area contributed by atoms with Gasteiger partial charge < -0.3 is 0 Å². The van der Waals surface area contributed by atoms with Gasteiger partial charge in [-0.2, -0.15) is 16.8 Å². The van der Waals surface area contributed by atoms with Crippen LogP contribution < -0.4 is 0 Å². The van der Waals surface area contributed by atoms with Gasteiger partial charge in [-0.05, 0) is 34.2 Å². The Bertz CT molecular complexity index is 1540. The summed E-state index contributed by atoms with van der Waals surface area (Å²) >= 11 is 0. The van der Waals surface area contributed by atoms with Gasteiger partial charge in [0, 0.05) is 16.7 Å². The number of hydrogen-bond donors (Lipinski definition) is 2. The van der Waals surface area contributed by atoms with Gasteiger partial charge in [0.15, 0.2) is 0 Å². The molecule has 0 amide bonds. The molecule has 0 fully saturated rings. The molecule has 0 bridgehead atoms. The lowest BCUT2D eigenvalue weighted by Gasteiger charge is -2.18. The van der Waals surface area contributed by atoms with E-state index >= 15 is 0 Å². The van der Waals surface area contributed by atoms with E-state index in [0.717, 1.165) is 6.07 Å². The Kier molecular flexibility index (Phi) is 6.21. The van der Waals surface area contributed by atoms with Crippen molar-refractivity contribution >= 4 is 31.4 Å². The Hall–Kier alpha value is -3.98. The molecule has 0 saturated heterocycles. The van der Waals surface area contributed by atoms with Gasteiger partial charge in [0.25, 0.3) is 20.2 Å². The lowest BCUT2D eigenvalue weighted by Crippen LogP contribution is -2.13. The van der Waals surface area contributed by atoms with Crippen LogP contribution in [0.2, 0.25) is 0 Å². The molecule has 2 N–H and O–H groups in total. The Labute approximate surface area is 193 Å². The average molecular weight is 499 g/mol. The van der Waals surface area contributed by atoms with E-state index in [1.807, 2.05) is 0 Å². The topological polar surface area (TPSA) is 186 Å². The molecule has 4 aromatic rings. The van der Waals surface area contributed by atoms with Gasteiger partial charge in [-0.3, -0.25) is 9.11 Å². The highest BCUT2D eigenvalue weighted by Crippen LogP contribution is 2.39. The molecular formula is C20H14N6O6S2. The Morgan fingerprint density at radius 1 is 0.647 bits per heavy atom. The molecule has 0 radical (unpaired) electrons. The van der Waals surface area contributed by atoms with Crippen molar-refractivity contribution in [1.29, 1.82) is 0 Å². The largest absolute Gasteiger partial charge is 0.296 e. The first kappa shape index (κ1) is 23.2. The third-order valence-electron chi connectivity index (χ3n) is 4.62. The minimum atomic E-state index is -5.18. The van der Waals surface area contributed by atoms with E-state index in [1.165, 1.54) is 36.7 Å². The predicted molar refractivity (Wildman–Crippen MR) is 117 cm³/mol. The number of benzene rings is 2. The molecule has 0 aliphatic heterocycles. The number of aromatic nitrogens is 6. The Morgan fingerprint density at radius 3 is 1.74 bits per heavy atom. The SMILES string of the molecule is O=S(=O)(O)c1cccc(C(=C(c2ccccc2)c2ccnnn2)c2ccnnn2)c1S(=O)(=O)O. The maximum Gasteiger partial charge on any atom is 0.296 e. The third-order valence-corrected chi connectivity index (χ3v) is 6.60. The standard InChI is InChI=1S/C20H14N6O6S2/c27-33(28,29)17-8-4-7-14(20(17)34(30,31)32)19(16-10-12-22-26-24-16)18(13-5-2-1-3-6-13)15-9-11-21-25-23-15/h1-12H,(H,27,28,29)(H,30,31,32). The van der Waals surface area contributed by atoms with Gasteiger partial charge in [-0.15, -0.1) is 20.4 Å². The van der Waals surface area contributed by atoms with Crippen molar-refractivity contribution in [1.82, 2.24) is 30.8 Å². The third kappa shape index (κ3) is 4.69. The molecule has 0 aliphatic carbocycles. The highest BCUT2D eigenvalue weighted by molar-refractivity contribution is 7.89. The molecular weight excluding hydrogens is 484 g/mol. The van der Waals surface area contributed by atoms with Crippen LogP contribution in [0.3, 0.4) is 0 Å². The molecule has 14 heteroatoms. The van der Waals surface area contributed by atoms with E-state index in [0.29, 0.717) is 5.56 Å². The molecule has 34 heavy (non-hydrogen) atoms. The van der Waals surface area contributed by atoms with Crippen LogP contribution in [0.1, 0.15) is 22.5 Å². The lowest BCUT2D eigenvalue weighted by molar-refractivity contribution is 0.466. The average Bonchev–Trinajstić information content (AvgIpc) is 2.82. The number of hydrogen-bond acceptors (Lipinski definition) is 10. The fraction of sp³-hybridized carbons (Fsp3) is 0. The molecule has 0 spiro atoms. The summed E-state index contributed by atoms with van der Waals surface area (Å²) < 4.78 is 68.6. The monoisotopic (exact) mass is 498 g/mol. The van der Waals surface area contributed by atoms with Crippen molar-refractivity contribution in [2.75, 3.05) is 0 Å². The van der Waals surface area contributed by atoms with Crippen molar-refractivity contribution in [2.24, 2.45) is 0 Å². The Balaban J connectivity index is 2.27. The molecule has 2 heterocycles. The number of nitrogens with zero attached hydrogens (tertiary/aromatic N) is 6. The van der Waals surface area contributed by atoms with Gasteiger partial charge in [0.05, 0.1) is 23.8 Å². The van der Waals surface area contributed by atoms with Crippen LogP contribution in [0, 0.1) is 0 Å². The molecule has 2 aromatic heterocycles. The normalized spacial score (nSPS) is 12.8. The summed E-state index contributed by atoms with van der Waals surface area (Å²) in [4.78, 5) is -2.05. The second kappa shape index (κ2) is 9.11. The molecule has 0 atom stereocenters. The highest BCUT2D eigenvalue weighted by atomic mass is 32.2. The van der Waals surface area contributed by atoms with Gasteiger partial charge in [0.2, 0.25) is 0 Å². The fourth-order valence-electron chi connectivity index (χ4n) is 3.36. The summed E-state index contributed by atoms with van der Waals surface area (Å²) in [7, 11) is -10.2. The first-order valence-corrected chi connectivity index (χ1v) is 12.2. The van der Waals surface area contributed by atoms with Gasteiger partial charge in [-0.25, -0.2) is 0 Å². The molecule has 0 saturated carbocycles. The maximum absolute atomic E-state index is 12.4. The van der Waals surface area contributed by atoms with Crippen LogP contribution in [0.25, 0.3) is 11.1 Å². The van der Waals surface area contributed by atoms with Gasteiger partial charge >= 0.3 is 0 Å². The van der Waals surface area contributed by atoms with E-state index in [1.54, 1.807) is 30.3 Å². The van der Waals surface area contributed by atoms with Crippen LogP contribution in [0.5, 0.6) is 0 Å². The summed E-state index contributed by atoms with van der Waals surface area (Å²) in [5.41, 5.74) is 0.845. The zero-order chi connectivity index (χ0) is 24.3. The first-order valence-electron chi connectivity index (χ1n) is 9.35. The highest BCUT2D eigenvalue weighted by Gasteiger charge is 2.31. The van der Waals surface area contributed by atoms with E-state index in [2.05, 4.69) is 30.8 Å². The van der Waals surface area contributed by atoms with Crippen LogP contribution in [0.4, 0.5) is 0 Å². The van der Waals surface area contributed by atoms with Crippen molar-refractivity contribution < 1.29 is 25.9 Å². The second-order valence-electron chi connectivity index (χ2n) is 6.71. The van der Waals surface area contributed by atoms with Gasteiger partial charge in [0.1, 0.15) is 9.79 Å². The minimum Gasteiger partial charge on any atom is -0.282 e. The lowest BCUT2D eigenvalue weighted by atomic mass is 9.90. The molecule has 4 rings (SSSR count). The molecule has 0 aliphatic rings. The van der Waals surface area contributed by atoms with Crippen molar-refractivity contribution in [2.45, 2.75) is 9.79 Å². The van der Waals surface area contributed by atoms with E-state index < -0.39 is 30.0 Å². The van der Waals surface area contributed by atoms with Crippen LogP contribution in [0.15, 0.2) is 82.8 Å². The van der Waals surface area contributed by atoms with Crippen LogP contribution >= 0.6 is 0 Å². The van der Waals surface area contributed by atoms with Crippen LogP contribution in [-0.4, -0.2) is 56.8 Å². The van der Waals surface area contributed by atoms with E-state index in [4.69, 9.17) is 0 Å². The quantitative estimate of drug-likeness (QED) is 0.289. The maximum atomic E-state index is 12.4. The molecule has 2 aromatic carbocycles. The minimum absolute atomic E-state index is 0.0275. The fourth-order valence-corrected chi connectivity index (χ4v) is 5.35. The summed E-state index contributed by atoms with van der Waals surface area (Å²) in [6.07, 6.45) is 2.66. The van der Waals surface area contributed by atoms with Crippen molar-refractivity contribution in [3.63, 3.8) is 0 Å². The summed E-state index contributed by atoms with van der Waals surface area (Å²) in [5, 5.41) is 22.5. The summed E-state index contributed by atoms with van der Waals surface area (Å²) in [6.45, 7) is 0. The summed E-state index contributed by atoms with van der Waals surface area (Å²) in [5.74, 6) is 0. The second-order valence-corrected chi connectivity index (χ2v) is 9.46. The zero-order valence-electron chi connectivity index (χ0n) is 17.0. The molecule has 172 valence electrons. The van der Waals surface area contributed by atoms with Crippen molar-refractivity contribution in [3.05, 3.63) is 95.6 Å². The summed E-state index contributed by atoms with van der Waals surface area (Å²) in [6, 6.07) is 14.8. The molecule has 0 unspecified atom stereocenters. The van der Waals surface area contributed by atoms with Crippen molar-refractivity contribution in [3.8, 4) is 0 Å². The Morgan fingerprint density at radius 2 is 1.24 bits per heavy atom. The van der Waals surface area contributed by atoms with E-state index in [9.17, 15) is 25.9 Å².